The van der Waals surface area contributed by atoms with Gasteiger partial charge in [-0.25, -0.2) is 0 Å². The average molecular weight is 301 g/mol. The lowest BCUT2D eigenvalue weighted by atomic mass is 9.62. The van der Waals surface area contributed by atoms with Crippen LogP contribution in [0, 0.1) is 46.3 Å². The number of fused-ring (bicyclic) bond motifs is 4. The van der Waals surface area contributed by atoms with E-state index in [4.69, 9.17) is 0 Å². The second-order valence-corrected chi connectivity index (χ2v) is 9.78. The molecule has 4 aliphatic carbocycles. The number of hydrogen-bond donors (Lipinski definition) is 1. The zero-order chi connectivity index (χ0) is 16.0. The van der Waals surface area contributed by atoms with E-state index in [2.05, 4.69) is 46.7 Å². The van der Waals surface area contributed by atoms with Gasteiger partial charge >= 0.3 is 0 Å². The molecule has 4 fully saturated rings. The normalized spacial score (nSPS) is 52.9. The lowest BCUT2D eigenvalue weighted by Gasteiger charge is -2.42. The molecular formula is C20H31NO. The van der Waals surface area contributed by atoms with E-state index in [-0.39, 0.29) is 0 Å². The minimum atomic E-state index is 0.349. The monoisotopic (exact) mass is 301 g/mol. The maximum atomic E-state index is 9.70. The van der Waals surface area contributed by atoms with E-state index >= 15 is 0 Å². The van der Waals surface area contributed by atoms with Gasteiger partial charge in [0.25, 0.3) is 0 Å². The fraction of sp³-hybridized carbons (Fsp3) is 0.850. The van der Waals surface area contributed by atoms with Crippen molar-refractivity contribution in [2.75, 3.05) is 0 Å². The standard InChI is InChI=1S/C20H31NO/c1-10-13-7-12(19(10,3)4)8-15(13)17-16-9-14(18(17)21-22)11(2)20(16,5)6/h10-14,16,22H,7-9H2,1-6H3/b17-15-,21-18-/t10-,11+,12+,13+,14-,16+/m0/s1. The third kappa shape index (κ3) is 1.50. The minimum Gasteiger partial charge on any atom is -0.411 e. The van der Waals surface area contributed by atoms with Crippen LogP contribution in [0.4, 0.5) is 0 Å². The molecule has 0 aromatic heterocycles. The van der Waals surface area contributed by atoms with Gasteiger partial charge in [-0.1, -0.05) is 52.3 Å². The van der Waals surface area contributed by atoms with Gasteiger partial charge in [0, 0.05) is 5.92 Å². The number of allylic oxidation sites excluding steroid dienone is 2. The summed E-state index contributed by atoms with van der Waals surface area (Å²) in [4.78, 5) is 0. The largest absolute Gasteiger partial charge is 0.411 e. The average Bonchev–Trinajstić information content (AvgIpc) is 3.14. The van der Waals surface area contributed by atoms with Crippen molar-refractivity contribution >= 4 is 5.71 Å². The highest BCUT2D eigenvalue weighted by atomic mass is 16.4. The maximum Gasteiger partial charge on any atom is 0.0864 e. The molecule has 0 amide bonds. The van der Waals surface area contributed by atoms with Crippen LogP contribution in [-0.4, -0.2) is 10.9 Å². The van der Waals surface area contributed by atoms with Crippen molar-refractivity contribution in [3.8, 4) is 0 Å². The summed E-state index contributed by atoms with van der Waals surface area (Å²) in [6, 6.07) is 0. The minimum absolute atomic E-state index is 0.349. The molecule has 1 N–H and O–H groups in total. The third-order valence-electron chi connectivity index (χ3n) is 8.88. The SMILES string of the molecule is C[C@@H]1[C@@H]2C[C@H](C(=C3\C[C@H]4C[C@@H]3[C@H](C)C4(C)C)/C2=N\O)C1(C)C. The second-order valence-electron chi connectivity index (χ2n) is 9.78. The van der Waals surface area contributed by atoms with Crippen LogP contribution >= 0.6 is 0 Å². The summed E-state index contributed by atoms with van der Waals surface area (Å²) in [7, 11) is 0. The van der Waals surface area contributed by atoms with Gasteiger partial charge in [-0.2, -0.15) is 0 Å². The first-order valence-electron chi connectivity index (χ1n) is 9.16. The Kier molecular flexibility index (Phi) is 2.81. The first kappa shape index (κ1) is 14.8. The van der Waals surface area contributed by atoms with Crippen LogP contribution in [0.25, 0.3) is 0 Å². The van der Waals surface area contributed by atoms with Crippen LogP contribution in [0.3, 0.4) is 0 Å². The van der Waals surface area contributed by atoms with Crippen molar-refractivity contribution in [2.24, 2.45) is 51.5 Å². The van der Waals surface area contributed by atoms with Gasteiger partial charge in [0.1, 0.15) is 0 Å². The third-order valence-corrected chi connectivity index (χ3v) is 8.88. The van der Waals surface area contributed by atoms with Crippen LogP contribution in [0.15, 0.2) is 16.3 Å². The first-order valence-corrected chi connectivity index (χ1v) is 9.16. The molecule has 0 saturated heterocycles. The quantitative estimate of drug-likeness (QED) is 0.488. The number of oxime groups is 1. The van der Waals surface area contributed by atoms with Gasteiger partial charge in [-0.05, 0) is 65.3 Å². The predicted octanol–water partition coefficient (Wildman–Crippen LogP) is 5.13. The zero-order valence-electron chi connectivity index (χ0n) is 15.0. The van der Waals surface area contributed by atoms with Crippen LogP contribution in [0.1, 0.15) is 60.8 Å². The Morgan fingerprint density at radius 2 is 1.59 bits per heavy atom. The van der Waals surface area contributed by atoms with Gasteiger partial charge in [-0.15, -0.1) is 0 Å². The van der Waals surface area contributed by atoms with Crippen molar-refractivity contribution in [1.82, 2.24) is 0 Å². The lowest BCUT2D eigenvalue weighted by Crippen LogP contribution is -2.37. The van der Waals surface area contributed by atoms with E-state index in [0.29, 0.717) is 28.6 Å². The number of rotatable bonds is 0. The fourth-order valence-electron chi connectivity index (χ4n) is 6.55. The fourth-order valence-corrected chi connectivity index (χ4v) is 6.55. The molecular weight excluding hydrogens is 270 g/mol. The van der Waals surface area contributed by atoms with Gasteiger partial charge in [0.05, 0.1) is 5.71 Å². The Labute approximate surface area is 135 Å². The Morgan fingerprint density at radius 1 is 0.955 bits per heavy atom. The molecule has 0 aliphatic heterocycles. The lowest BCUT2D eigenvalue weighted by molar-refractivity contribution is 0.160. The molecule has 6 atom stereocenters. The van der Waals surface area contributed by atoms with Crippen LogP contribution in [0.5, 0.6) is 0 Å². The summed E-state index contributed by atoms with van der Waals surface area (Å²) in [5.41, 5.74) is 5.06. The molecule has 0 spiro atoms. The maximum absolute atomic E-state index is 9.70. The van der Waals surface area contributed by atoms with Crippen LogP contribution in [0.2, 0.25) is 0 Å². The number of hydrogen-bond acceptors (Lipinski definition) is 2. The highest BCUT2D eigenvalue weighted by molar-refractivity contribution is 6.06. The summed E-state index contributed by atoms with van der Waals surface area (Å²) in [6.45, 7) is 14.6. The van der Waals surface area contributed by atoms with E-state index in [1.807, 2.05) is 0 Å². The van der Waals surface area contributed by atoms with Crippen molar-refractivity contribution in [3.05, 3.63) is 11.1 Å². The topological polar surface area (TPSA) is 32.6 Å². The zero-order valence-corrected chi connectivity index (χ0v) is 15.0. The molecule has 122 valence electrons. The molecule has 4 bridgehead atoms. The summed E-state index contributed by atoms with van der Waals surface area (Å²) < 4.78 is 0. The molecule has 2 heteroatoms. The van der Waals surface area contributed by atoms with Crippen LogP contribution in [-0.2, 0) is 0 Å². The van der Waals surface area contributed by atoms with Gasteiger partial charge < -0.3 is 5.21 Å². The highest BCUT2D eigenvalue weighted by Crippen LogP contribution is 2.66. The Morgan fingerprint density at radius 3 is 2.14 bits per heavy atom. The van der Waals surface area contributed by atoms with E-state index in [1.165, 1.54) is 24.8 Å². The molecule has 22 heavy (non-hydrogen) atoms. The van der Waals surface area contributed by atoms with Crippen molar-refractivity contribution in [1.29, 1.82) is 0 Å². The Balaban J connectivity index is 1.81. The summed E-state index contributed by atoms with van der Waals surface area (Å²) in [5, 5.41) is 13.5. The van der Waals surface area contributed by atoms with Crippen molar-refractivity contribution < 1.29 is 5.21 Å². The Bertz CT molecular complexity index is 579. The van der Waals surface area contributed by atoms with Gasteiger partial charge in [0.15, 0.2) is 0 Å². The molecule has 0 radical (unpaired) electrons. The predicted molar refractivity (Wildman–Crippen MR) is 89.9 cm³/mol. The molecule has 0 unspecified atom stereocenters. The van der Waals surface area contributed by atoms with E-state index in [1.54, 1.807) is 5.57 Å². The number of nitrogens with zero attached hydrogens (tertiary/aromatic N) is 1. The molecule has 0 aromatic rings. The Hall–Kier alpha value is -0.790. The molecule has 4 saturated carbocycles. The van der Waals surface area contributed by atoms with E-state index < -0.39 is 0 Å². The molecule has 0 heterocycles. The van der Waals surface area contributed by atoms with E-state index in [0.717, 1.165) is 23.5 Å². The molecule has 2 nitrogen and oxygen atoms in total. The summed E-state index contributed by atoms with van der Waals surface area (Å²) in [6.07, 6.45) is 3.82. The second kappa shape index (κ2) is 4.19. The smallest absolute Gasteiger partial charge is 0.0864 e. The van der Waals surface area contributed by atoms with Crippen molar-refractivity contribution in [3.63, 3.8) is 0 Å². The molecule has 0 aromatic carbocycles. The first-order chi connectivity index (χ1) is 10.2. The summed E-state index contributed by atoms with van der Waals surface area (Å²) in [5.74, 6) is 4.04. The van der Waals surface area contributed by atoms with E-state index in [9.17, 15) is 5.21 Å². The van der Waals surface area contributed by atoms with Gasteiger partial charge in [0.2, 0.25) is 0 Å². The molecule has 4 aliphatic rings. The van der Waals surface area contributed by atoms with Crippen LogP contribution < -0.4 is 0 Å². The summed E-state index contributed by atoms with van der Waals surface area (Å²) >= 11 is 0. The highest BCUT2D eigenvalue weighted by Gasteiger charge is 2.60. The van der Waals surface area contributed by atoms with Crippen molar-refractivity contribution in [2.45, 2.75) is 60.8 Å². The van der Waals surface area contributed by atoms with Gasteiger partial charge in [-0.3, -0.25) is 0 Å². The molecule has 4 rings (SSSR count).